The summed E-state index contributed by atoms with van der Waals surface area (Å²) in [5.74, 6) is 1.91. The largest absolute Gasteiger partial charge is 0.329 e. The van der Waals surface area contributed by atoms with Crippen molar-refractivity contribution in [1.82, 2.24) is 19.7 Å². The van der Waals surface area contributed by atoms with E-state index in [-0.39, 0.29) is 11.8 Å². The highest BCUT2D eigenvalue weighted by Gasteiger charge is 2.26. The van der Waals surface area contributed by atoms with Gasteiger partial charge in [-0.25, -0.2) is 0 Å². The molecule has 2 aliphatic heterocycles. The zero-order valence-corrected chi connectivity index (χ0v) is 14.3. The third-order valence-corrected chi connectivity index (χ3v) is 4.91. The summed E-state index contributed by atoms with van der Waals surface area (Å²) in [6.07, 6.45) is 2.30. The van der Waals surface area contributed by atoms with Crippen molar-refractivity contribution in [2.45, 2.75) is 39.3 Å². The van der Waals surface area contributed by atoms with Crippen molar-refractivity contribution < 1.29 is 9.59 Å². The second-order valence-corrected chi connectivity index (χ2v) is 6.46. The van der Waals surface area contributed by atoms with E-state index in [2.05, 4.69) is 21.7 Å². The van der Waals surface area contributed by atoms with Crippen LogP contribution in [0.25, 0.3) is 0 Å². The third kappa shape index (κ3) is 2.79. The van der Waals surface area contributed by atoms with E-state index in [4.69, 9.17) is 0 Å². The molecule has 1 saturated heterocycles. The number of benzene rings is 1. The lowest BCUT2D eigenvalue weighted by Gasteiger charge is -2.28. The zero-order chi connectivity index (χ0) is 17.4. The molecule has 2 aliphatic rings. The predicted octanol–water partition coefficient (Wildman–Crippen LogP) is 1.62. The molecule has 2 amide bonds. The van der Waals surface area contributed by atoms with Gasteiger partial charge < -0.3 is 14.4 Å². The van der Waals surface area contributed by atoms with E-state index >= 15 is 0 Å². The molecule has 0 bridgehead atoms. The van der Waals surface area contributed by atoms with Gasteiger partial charge in [-0.15, -0.1) is 10.2 Å². The summed E-state index contributed by atoms with van der Waals surface area (Å²) in [5.41, 5.74) is 1.42. The molecule has 1 aromatic carbocycles. The Kier molecular flexibility index (Phi) is 3.99. The topological polar surface area (TPSA) is 71.3 Å². The van der Waals surface area contributed by atoms with Gasteiger partial charge in [0.15, 0.2) is 5.82 Å². The van der Waals surface area contributed by atoms with E-state index in [9.17, 15) is 9.59 Å². The quantitative estimate of drug-likeness (QED) is 0.852. The van der Waals surface area contributed by atoms with Crippen LogP contribution in [0, 0.1) is 0 Å². The van der Waals surface area contributed by atoms with E-state index < -0.39 is 0 Å². The molecule has 0 spiro atoms. The number of hydrogen-bond acceptors (Lipinski definition) is 4. The maximum Gasteiger partial charge on any atom is 0.254 e. The van der Waals surface area contributed by atoms with Crippen LogP contribution in [0.5, 0.6) is 0 Å². The zero-order valence-electron chi connectivity index (χ0n) is 14.3. The van der Waals surface area contributed by atoms with Crippen molar-refractivity contribution in [1.29, 1.82) is 0 Å². The van der Waals surface area contributed by atoms with Crippen LogP contribution in [0.2, 0.25) is 0 Å². The number of nitrogens with zero attached hydrogens (tertiary/aromatic N) is 5. The molecule has 0 atom stereocenters. The summed E-state index contributed by atoms with van der Waals surface area (Å²) in [5, 5.41) is 8.40. The number of fused-ring (bicyclic) bond motifs is 1. The molecule has 130 valence electrons. The molecule has 0 radical (unpaired) electrons. The van der Waals surface area contributed by atoms with Gasteiger partial charge in [0.1, 0.15) is 5.82 Å². The van der Waals surface area contributed by atoms with Crippen LogP contribution in [0.3, 0.4) is 0 Å². The second kappa shape index (κ2) is 6.31. The Hall–Kier alpha value is -2.70. The standard InChI is InChI=1S/C18H21N5O2/c1-2-15-19-20-16-12-21(9-10-23(15)16)18(25)13-5-3-6-14(11-13)22-8-4-7-17(22)24/h3,5-6,11H,2,4,7-10,12H2,1H3. The summed E-state index contributed by atoms with van der Waals surface area (Å²) >= 11 is 0. The molecule has 0 saturated carbocycles. The lowest BCUT2D eigenvalue weighted by molar-refractivity contribution is -0.117. The average molecular weight is 339 g/mol. The SMILES string of the molecule is CCc1nnc2n1CCN(C(=O)c1cccc(N3CCCC3=O)c1)C2. The van der Waals surface area contributed by atoms with Crippen molar-refractivity contribution in [2.24, 2.45) is 0 Å². The first-order valence-electron chi connectivity index (χ1n) is 8.78. The Balaban J connectivity index is 1.54. The number of amides is 2. The number of carbonyl (C=O) groups excluding carboxylic acids is 2. The Morgan fingerprint density at radius 3 is 2.84 bits per heavy atom. The number of aromatic nitrogens is 3. The Labute approximate surface area is 146 Å². The van der Waals surface area contributed by atoms with E-state index in [1.807, 2.05) is 24.3 Å². The molecule has 0 unspecified atom stereocenters. The van der Waals surface area contributed by atoms with Crippen LogP contribution < -0.4 is 4.90 Å². The van der Waals surface area contributed by atoms with Crippen LogP contribution in [0.15, 0.2) is 24.3 Å². The van der Waals surface area contributed by atoms with Crippen molar-refractivity contribution in [3.63, 3.8) is 0 Å². The van der Waals surface area contributed by atoms with E-state index in [1.165, 1.54) is 0 Å². The fourth-order valence-corrected chi connectivity index (χ4v) is 3.56. The number of rotatable bonds is 3. The van der Waals surface area contributed by atoms with Crippen LogP contribution >= 0.6 is 0 Å². The van der Waals surface area contributed by atoms with Crippen LogP contribution in [0.4, 0.5) is 5.69 Å². The van der Waals surface area contributed by atoms with Gasteiger partial charge in [-0.05, 0) is 24.6 Å². The van der Waals surface area contributed by atoms with Gasteiger partial charge in [-0.1, -0.05) is 13.0 Å². The first-order chi connectivity index (χ1) is 12.2. The first-order valence-corrected chi connectivity index (χ1v) is 8.78. The monoisotopic (exact) mass is 339 g/mol. The van der Waals surface area contributed by atoms with Crippen LogP contribution in [-0.2, 0) is 24.3 Å². The molecular formula is C18H21N5O2. The summed E-state index contributed by atoms with van der Waals surface area (Å²) < 4.78 is 2.10. The predicted molar refractivity (Wildman–Crippen MR) is 92.2 cm³/mol. The summed E-state index contributed by atoms with van der Waals surface area (Å²) in [6.45, 7) is 4.62. The Bertz CT molecular complexity index is 829. The molecule has 1 aromatic heterocycles. The first kappa shape index (κ1) is 15.8. The van der Waals surface area contributed by atoms with Gasteiger partial charge in [0, 0.05) is 43.7 Å². The van der Waals surface area contributed by atoms with Crippen molar-refractivity contribution in [3.05, 3.63) is 41.5 Å². The molecule has 0 aliphatic carbocycles. The number of anilines is 1. The maximum absolute atomic E-state index is 12.9. The molecule has 7 heteroatoms. The van der Waals surface area contributed by atoms with Gasteiger partial charge >= 0.3 is 0 Å². The summed E-state index contributed by atoms with van der Waals surface area (Å²) in [4.78, 5) is 28.4. The number of hydrogen-bond donors (Lipinski definition) is 0. The molecule has 0 N–H and O–H groups in total. The number of aryl methyl sites for hydroxylation is 1. The molecule has 3 heterocycles. The minimum atomic E-state index is -0.0270. The van der Waals surface area contributed by atoms with Gasteiger partial charge in [0.05, 0.1) is 6.54 Å². The molecule has 2 aromatic rings. The Morgan fingerprint density at radius 1 is 1.20 bits per heavy atom. The lowest BCUT2D eigenvalue weighted by Crippen LogP contribution is -2.38. The maximum atomic E-state index is 12.9. The minimum absolute atomic E-state index is 0.0270. The van der Waals surface area contributed by atoms with Crippen LogP contribution in [0.1, 0.15) is 41.8 Å². The highest BCUT2D eigenvalue weighted by atomic mass is 16.2. The third-order valence-electron chi connectivity index (χ3n) is 4.91. The highest BCUT2D eigenvalue weighted by Crippen LogP contribution is 2.23. The van der Waals surface area contributed by atoms with Crippen molar-refractivity contribution in [3.8, 4) is 0 Å². The molecule has 1 fully saturated rings. The molecule has 7 nitrogen and oxygen atoms in total. The van der Waals surface area contributed by atoms with Crippen molar-refractivity contribution >= 4 is 17.5 Å². The normalized spacial score (nSPS) is 17.1. The van der Waals surface area contributed by atoms with Gasteiger partial charge in [-0.2, -0.15) is 0 Å². The van der Waals surface area contributed by atoms with Gasteiger partial charge in [-0.3, -0.25) is 9.59 Å². The fourth-order valence-electron chi connectivity index (χ4n) is 3.56. The van der Waals surface area contributed by atoms with E-state index in [0.717, 1.165) is 43.3 Å². The average Bonchev–Trinajstić information content (AvgIpc) is 3.26. The van der Waals surface area contributed by atoms with E-state index in [1.54, 1.807) is 9.80 Å². The van der Waals surface area contributed by atoms with Gasteiger partial charge in [0.25, 0.3) is 5.91 Å². The number of carbonyl (C=O) groups is 2. The van der Waals surface area contributed by atoms with Crippen LogP contribution in [-0.4, -0.2) is 44.6 Å². The highest BCUT2D eigenvalue weighted by molar-refractivity contribution is 5.99. The van der Waals surface area contributed by atoms with E-state index in [0.29, 0.717) is 25.1 Å². The molecular weight excluding hydrogens is 318 g/mol. The molecule has 25 heavy (non-hydrogen) atoms. The second-order valence-electron chi connectivity index (χ2n) is 6.46. The minimum Gasteiger partial charge on any atom is -0.329 e. The summed E-state index contributed by atoms with van der Waals surface area (Å²) in [6, 6.07) is 7.36. The van der Waals surface area contributed by atoms with Crippen molar-refractivity contribution in [2.75, 3.05) is 18.0 Å². The lowest BCUT2D eigenvalue weighted by atomic mass is 10.1. The summed E-state index contributed by atoms with van der Waals surface area (Å²) in [7, 11) is 0. The fraction of sp³-hybridized carbons (Fsp3) is 0.444. The Morgan fingerprint density at radius 2 is 2.08 bits per heavy atom. The smallest absolute Gasteiger partial charge is 0.254 e. The molecule has 4 rings (SSSR count). The van der Waals surface area contributed by atoms with Gasteiger partial charge in [0.2, 0.25) is 5.91 Å².